The number of rotatable bonds is 0. The highest BCUT2D eigenvalue weighted by molar-refractivity contribution is 9.10. The van der Waals surface area contributed by atoms with E-state index < -0.39 is 11.6 Å². The molecule has 0 atom stereocenters. The van der Waals surface area contributed by atoms with Crippen LogP contribution in [0.2, 0.25) is 0 Å². The zero-order valence-corrected chi connectivity index (χ0v) is 8.78. The zero-order valence-electron chi connectivity index (χ0n) is 7.19. The largest absolute Gasteiger partial charge is 0.480 e. The second kappa shape index (κ2) is 2.66. The van der Waals surface area contributed by atoms with Crippen LogP contribution < -0.4 is 5.63 Å². The summed E-state index contributed by atoms with van der Waals surface area (Å²) in [6, 6.07) is 3.35. The molecular formula is C9H3BrN2O3. The first-order valence-electron chi connectivity index (χ1n) is 4.08. The van der Waals surface area contributed by atoms with E-state index in [-0.39, 0.29) is 5.69 Å². The van der Waals surface area contributed by atoms with Crippen LogP contribution in [-0.2, 0) is 0 Å². The highest BCUT2D eigenvalue weighted by Gasteiger charge is 2.21. The van der Waals surface area contributed by atoms with E-state index >= 15 is 0 Å². The zero-order chi connectivity index (χ0) is 10.6. The van der Waals surface area contributed by atoms with Gasteiger partial charge in [-0.1, -0.05) is 0 Å². The van der Waals surface area contributed by atoms with E-state index in [2.05, 4.69) is 30.6 Å². The fourth-order valence-corrected chi connectivity index (χ4v) is 1.98. The maximum atomic E-state index is 11.3. The average Bonchev–Trinajstić information content (AvgIpc) is 2.62. The molecular weight excluding hydrogens is 264 g/mol. The van der Waals surface area contributed by atoms with Crippen LogP contribution in [0.5, 0.6) is 5.95 Å². The van der Waals surface area contributed by atoms with Gasteiger partial charge in [0.15, 0.2) is 5.69 Å². The molecule has 1 aliphatic rings. The lowest BCUT2D eigenvalue weighted by molar-refractivity contribution is 0.318. The van der Waals surface area contributed by atoms with Gasteiger partial charge in [0.2, 0.25) is 0 Å². The first-order valence-corrected chi connectivity index (χ1v) is 4.88. The molecule has 0 bridgehead atoms. The van der Waals surface area contributed by atoms with Gasteiger partial charge in [-0.25, -0.2) is 4.79 Å². The van der Waals surface area contributed by atoms with Crippen LogP contribution >= 0.6 is 15.9 Å². The second-order valence-electron chi connectivity index (χ2n) is 3.06. The standard InChI is InChI=1S/C9H3BrN2O3/c10-4-2-1-3-5-6(4)11-12-7(5)9(14)15-8(3)13/h1-2,13H. The van der Waals surface area contributed by atoms with E-state index in [1.54, 1.807) is 12.1 Å². The van der Waals surface area contributed by atoms with Crippen molar-refractivity contribution < 1.29 is 9.52 Å². The normalized spacial score (nSPS) is 12.6. The third-order valence-corrected chi connectivity index (χ3v) is 2.87. The number of azo groups is 1. The van der Waals surface area contributed by atoms with Gasteiger partial charge in [-0.2, -0.15) is 0 Å². The van der Waals surface area contributed by atoms with Gasteiger partial charge in [0.25, 0.3) is 5.95 Å². The van der Waals surface area contributed by atoms with E-state index in [9.17, 15) is 9.90 Å². The lowest BCUT2D eigenvalue weighted by Crippen LogP contribution is -1.96. The predicted molar refractivity (Wildman–Crippen MR) is 56.0 cm³/mol. The summed E-state index contributed by atoms with van der Waals surface area (Å²) in [5, 5.41) is 18.0. The molecule has 0 amide bonds. The third-order valence-electron chi connectivity index (χ3n) is 2.23. The minimum absolute atomic E-state index is 0.138. The first kappa shape index (κ1) is 8.60. The Balaban J connectivity index is 2.68. The van der Waals surface area contributed by atoms with Gasteiger partial charge in [0, 0.05) is 4.47 Å². The van der Waals surface area contributed by atoms with Crippen LogP contribution in [0.15, 0.2) is 36.0 Å². The molecule has 2 heterocycles. The van der Waals surface area contributed by atoms with Gasteiger partial charge in [0.05, 0.1) is 10.8 Å². The lowest BCUT2D eigenvalue weighted by Gasteiger charge is -2.00. The van der Waals surface area contributed by atoms with Crippen LogP contribution in [0, 0.1) is 0 Å². The van der Waals surface area contributed by atoms with Gasteiger partial charge in [-0.15, -0.1) is 10.2 Å². The van der Waals surface area contributed by atoms with Gasteiger partial charge >= 0.3 is 5.63 Å². The molecule has 3 rings (SSSR count). The van der Waals surface area contributed by atoms with Gasteiger partial charge < -0.3 is 9.52 Å². The minimum atomic E-state index is -0.680. The van der Waals surface area contributed by atoms with E-state index in [0.717, 1.165) is 4.47 Å². The summed E-state index contributed by atoms with van der Waals surface area (Å²) in [6.45, 7) is 0. The number of hydrogen-bond donors (Lipinski definition) is 1. The highest BCUT2D eigenvalue weighted by Crippen LogP contribution is 2.45. The molecule has 0 unspecified atom stereocenters. The number of halogens is 1. The molecule has 0 fully saturated rings. The fraction of sp³-hybridized carbons (Fsp3) is 0. The maximum Gasteiger partial charge on any atom is 0.367 e. The molecule has 0 saturated carbocycles. The van der Waals surface area contributed by atoms with Crippen molar-refractivity contribution in [2.24, 2.45) is 10.2 Å². The molecule has 0 saturated heterocycles. The Morgan fingerprint density at radius 2 is 2.00 bits per heavy atom. The van der Waals surface area contributed by atoms with Crippen molar-refractivity contribution >= 4 is 38.1 Å². The molecule has 1 aromatic carbocycles. The quantitative estimate of drug-likeness (QED) is 0.680. The van der Waals surface area contributed by atoms with Crippen LogP contribution in [-0.4, -0.2) is 5.11 Å². The molecule has 74 valence electrons. The van der Waals surface area contributed by atoms with Crippen molar-refractivity contribution in [2.75, 3.05) is 0 Å². The van der Waals surface area contributed by atoms with Crippen molar-refractivity contribution in [3.05, 3.63) is 27.0 Å². The Bertz CT molecular complexity index is 675. The topological polar surface area (TPSA) is 75.2 Å². The van der Waals surface area contributed by atoms with Gasteiger partial charge in [-0.3, -0.25) is 0 Å². The van der Waals surface area contributed by atoms with Crippen molar-refractivity contribution in [1.82, 2.24) is 0 Å². The Kier molecular flexibility index (Phi) is 1.53. The van der Waals surface area contributed by atoms with Gasteiger partial charge in [0.1, 0.15) is 5.69 Å². The molecule has 6 heteroatoms. The van der Waals surface area contributed by atoms with Crippen molar-refractivity contribution in [3.63, 3.8) is 0 Å². The molecule has 5 nitrogen and oxygen atoms in total. The summed E-state index contributed by atoms with van der Waals surface area (Å²) in [7, 11) is 0. The van der Waals surface area contributed by atoms with Crippen LogP contribution in [0.25, 0.3) is 10.8 Å². The summed E-state index contributed by atoms with van der Waals surface area (Å²) in [5.74, 6) is -0.403. The Morgan fingerprint density at radius 3 is 2.80 bits per heavy atom. The first-order chi connectivity index (χ1) is 7.18. The molecule has 15 heavy (non-hydrogen) atoms. The fourth-order valence-electron chi connectivity index (χ4n) is 1.57. The minimum Gasteiger partial charge on any atom is -0.480 e. The number of benzene rings is 1. The summed E-state index contributed by atoms with van der Waals surface area (Å²) in [4.78, 5) is 11.3. The van der Waals surface area contributed by atoms with Crippen molar-refractivity contribution in [3.8, 4) is 5.95 Å². The summed E-state index contributed by atoms with van der Waals surface area (Å²) in [5.41, 5.74) is 0.00500. The van der Waals surface area contributed by atoms with Crippen molar-refractivity contribution in [2.45, 2.75) is 0 Å². The van der Waals surface area contributed by atoms with Gasteiger partial charge in [-0.05, 0) is 28.1 Å². The van der Waals surface area contributed by atoms with Crippen LogP contribution in [0.3, 0.4) is 0 Å². The molecule has 0 aliphatic carbocycles. The Labute approximate surface area is 91.2 Å². The molecule has 1 aromatic heterocycles. The van der Waals surface area contributed by atoms with E-state index in [1.165, 1.54) is 0 Å². The molecule has 0 spiro atoms. The van der Waals surface area contributed by atoms with E-state index in [4.69, 9.17) is 0 Å². The van der Waals surface area contributed by atoms with Crippen molar-refractivity contribution in [1.29, 1.82) is 0 Å². The smallest absolute Gasteiger partial charge is 0.367 e. The summed E-state index contributed by atoms with van der Waals surface area (Å²) in [6.07, 6.45) is 0. The van der Waals surface area contributed by atoms with E-state index in [0.29, 0.717) is 16.5 Å². The Morgan fingerprint density at radius 1 is 1.27 bits per heavy atom. The summed E-state index contributed by atoms with van der Waals surface area (Å²) < 4.78 is 5.34. The summed E-state index contributed by atoms with van der Waals surface area (Å²) >= 11 is 3.29. The number of nitrogens with zero attached hydrogens (tertiary/aromatic N) is 2. The third kappa shape index (κ3) is 0.992. The second-order valence-corrected chi connectivity index (χ2v) is 3.92. The highest BCUT2D eigenvalue weighted by atomic mass is 79.9. The molecule has 1 aliphatic heterocycles. The number of hydrogen-bond acceptors (Lipinski definition) is 5. The van der Waals surface area contributed by atoms with Crippen LogP contribution in [0.1, 0.15) is 0 Å². The molecule has 0 radical (unpaired) electrons. The predicted octanol–water partition coefficient (Wildman–Crippen LogP) is 2.99. The SMILES string of the molecule is O=c1oc(O)c2ccc(Br)c3c2c1N=N3. The molecule has 2 aromatic rings. The van der Waals surface area contributed by atoms with Crippen LogP contribution in [0.4, 0.5) is 11.4 Å². The van der Waals surface area contributed by atoms with E-state index in [1.807, 2.05) is 0 Å². The Hall–Kier alpha value is -1.69. The lowest BCUT2D eigenvalue weighted by atomic mass is 10.1. The number of aromatic hydroxyl groups is 1. The average molecular weight is 267 g/mol. The monoisotopic (exact) mass is 266 g/mol. The maximum absolute atomic E-state index is 11.3. The molecule has 1 N–H and O–H groups in total.